The molecule has 0 saturated heterocycles. The van der Waals surface area contributed by atoms with Crippen LogP contribution in [0.5, 0.6) is 11.6 Å². The second-order valence-electron chi connectivity index (χ2n) is 2.43. The van der Waals surface area contributed by atoms with Gasteiger partial charge in [0.2, 0.25) is 0 Å². The molecule has 0 spiro atoms. The quantitative estimate of drug-likeness (QED) is 0.656. The fraction of sp³-hybridized carbons (Fsp3) is 0.286. The molecule has 0 aliphatic heterocycles. The van der Waals surface area contributed by atoms with Crippen molar-refractivity contribution in [1.29, 1.82) is 0 Å². The van der Waals surface area contributed by atoms with Crippen molar-refractivity contribution in [3.63, 3.8) is 0 Å². The summed E-state index contributed by atoms with van der Waals surface area (Å²) in [5.41, 5.74) is 0.193. The van der Waals surface area contributed by atoms with E-state index < -0.39 is 18.0 Å². The Kier molecular flexibility index (Phi) is 3.87. The lowest BCUT2D eigenvalue weighted by molar-refractivity contribution is -0.276. The van der Waals surface area contributed by atoms with Gasteiger partial charge in [-0.1, -0.05) is 0 Å². The Morgan fingerprint density at radius 3 is 2.60 bits per heavy atom. The van der Waals surface area contributed by atoms with Gasteiger partial charge in [0.15, 0.2) is 5.75 Å². The number of alkyl halides is 4. The lowest BCUT2D eigenvalue weighted by Crippen LogP contribution is -2.18. The van der Waals surface area contributed by atoms with Gasteiger partial charge in [-0.15, -0.1) is 24.8 Å². The highest BCUT2D eigenvalue weighted by molar-refractivity contribution is 14.1. The molecule has 15 heavy (non-hydrogen) atoms. The fourth-order valence-corrected chi connectivity index (χ4v) is 1.51. The second kappa shape index (κ2) is 4.60. The van der Waals surface area contributed by atoms with E-state index in [-0.39, 0.29) is 15.1 Å². The Labute approximate surface area is 101 Å². The second-order valence-corrected chi connectivity index (χ2v) is 3.86. The van der Waals surface area contributed by atoms with Gasteiger partial charge < -0.3 is 9.84 Å². The summed E-state index contributed by atoms with van der Waals surface area (Å²) >= 11 is 7.06. The van der Waals surface area contributed by atoms with E-state index >= 15 is 0 Å². The lowest BCUT2D eigenvalue weighted by atomic mass is 10.3. The first kappa shape index (κ1) is 12.6. The van der Waals surface area contributed by atoms with Crippen molar-refractivity contribution in [2.75, 3.05) is 0 Å². The van der Waals surface area contributed by atoms with Crippen LogP contribution < -0.4 is 4.74 Å². The first-order valence-corrected chi connectivity index (χ1v) is 5.15. The van der Waals surface area contributed by atoms with Crippen LogP contribution in [0.3, 0.4) is 0 Å². The predicted molar refractivity (Wildman–Crippen MR) is 54.9 cm³/mol. The van der Waals surface area contributed by atoms with Gasteiger partial charge in [-0.2, -0.15) is 0 Å². The van der Waals surface area contributed by atoms with Crippen LogP contribution in [0.2, 0.25) is 0 Å². The van der Waals surface area contributed by atoms with Crippen LogP contribution in [0.15, 0.2) is 6.07 Å². The summed E-state index contributed by atoms with van der Waals surface area (Å²) in [6.45, 7) is 0. The van der Waals surface area contributed by atoms with Crippen molar-refractivity contribution in [3.8, 4) is 11.6 Å². The van der Waals surface area contributed by atoms with Crippen LogP contribution in [0.4, 0.5) is 13.2 Å². The van der Waals surface area contributed by atoms with Crippen molar-refractivity contribution < 1.29 is 23.0 Å². The minimum Gasteiger partial charge on any atom is -0.502 e. The molecular formula is C7H4ClF3INO2. The van der Waals surface area contributed by atoms with Crippen LogP contribution in [0.1, 0.15) is 5.69 Å². The minimum absolute atomic E-state index is 0.0650. The molecule has 0 aromatic carbocycles. The van der Waals surface area contributed by atoms with E-state index in [1.165, 1.54) is 6.07 Å². The van der Waals surface area contributed by atoms with Crippen LogP contribution >= 0.6 is 34.2 Å². The number of ether oxygens (including phenoxy) is 1. The molecular weight excluding hydrogens is 349 g/mol. The summed E-state index contributed by atoms with van der Waals surface area (Å²) in [6.07, 6.45) is -4.89. The summed E-state index contributed by atoms with van der Waals surface area (Å²) < 4.78 is 39.4. The van der Waals surface area contributed by atoms with Gasteiger partial charge in [-0.3, -0.25) is 0 Å². The third kappa shape index (κ3) is 3.56. The number of rotatable bonds is 2. The molecule has 0 radical (unpaired) electrons. The molecule has 0 aliphatic carbocycles. The average Bonchev–Trinajstić information content (AvgIpc) is 2.10. The molecule has 0 aliphatic rings. The monoisotopic (exact) mass is 353 g/mol. The molecule has 0 amide bonds. The number of nitrogens with zero attached hydrogens (tertiary/aromatic N) is 1. The van der Waals surface area contributed by atoms with Gasteiger partial charge in [0.05, 0.1) is 15.1 Å². The molecule has 0 unspecified atom stereocenters. The number of halogens is 5. The number of pyridine rings is 1. The van der Waals surface area contributed by atoms with Crippen LogP contribution in [-0.2, 0) is 5.88 Å². The maximum Gasteiger partial charge on any atom is 0.574 e. The molecule has 1 aromatic rings. The number of aromatic hydroxyl groups is 1. The molecule has 0 saturated carbocycles. The Balaban J connectivity index is 3.11. The Hall–Kier alpha value is -0.440. The number of aromatic nitrogens is 1. The van der Waals surface area contributed by atoms with Crippen LogP contribution in [0.25, 0.3) is 0 Å². The molecule has 84 valence electrons. The van der Waals surface area contributed by atoms with Crippen molar-refractivity contribution in [2.24, 2.45) is 0 Å². The van der Waals surface area contributed by atoms with Gasteiger partial charge in [-0.25, -0.2) is 4.98 Å². The van der Waals surface area contributed by atoms with E-state index in [0.717, 1.165) is 0 Å². The largest absolute Gasteiger partial charge is 0.574 e. The SMILES string of the molecule is Oc1c(I)cc(CCl)nc1OC(F)(F)F. The molecule has 8 heteroatoms. The van der Waals surface area contributed by atoms with E-state index in [0.29, 0.717) is 0 Å². The standard InChI is InChI=1S/C7H4ClF3INO2/c8-2-3-1-4(12)5(14)6(13-3)15-7(9,10)11/h1,14H,2H2. The first-order valence-electron chi connectivity index (χ1n) is 3.53. The Morgan fingerprint density at radius 2 is 2.13 bits per heavy atom. The van der Waals surface area contributed by atoms with E-state index in [9.17, 15) is 18.3 Å². The van der Waals surface area contributed by atoms with Gasteiger partial charge in [0.25, 0.3) is 5.88 Å². The number of hydrogen-bond acceptors (Lipinski definition) is 3. The van der Waals surface area contributed by atoms with Gasteiger partial charge in [0, 0.05) is 0 Å². The van der Waals surface area contributed by atoms with Crippen LogP contribution in [-0.4, -0.2) is 16.5 Å². The van der Waals surface area contributed by atoms with E-state index in [4.69, 9.17) is 11.6 Å². The molecule has 0 atom stereocenters. The zero-order valence-electron chi connectivity index (χ0n) is 6.98. The minimum atomic E-state index is -4.89. The first-order chi connectivity index (χ1) is 6.83. The average molecular weight is 353 g/mol. The molecule has 1 rings (SSSR count). The molecule has 1 aromatic heterocycles. The summed E-state index contributed by atoms with van der Waals surface area (Å²) in [4.78, 5) is 3.41. The topological polar surface area (TPSA) is 42.4 Å². The predicted octanol–water partition coefficient (Wildman–Crippen LogP) is 3.03. The molecule has 3 nitrogen and oxygen atoms in total. The summed E-state index contributed by atoms with van der Waals surface area (Å²) in [6, 6.07) is 1.37. The summed E-state index contributed by atoms with van der Waals surface area (Å²) in [5, 5.41) is 9.24. The van der Waals surface area contributed by atoms with Crippen molar-refractivity contribution >= 4 is 34.2 Å². The highest BCUT2D eigenvalue weighted by Gasteiger charge is 2.33. The maximum atomic E-state index is 11.9. The zero-order chi connectivity index (χ0) is 11.6. The zero-order valence-corrected chi connectivity index (χ0v) is 9.89. The smallest absolute Gasteiger partial charge is 0.502 e. The highest BCUT2D eigenvalue weighted by atomic mass is 127. The Bertz CT molecular complexity index is 372. The third-order valence-corrected chi connectivity index (χ3v) is 2.41. The molecule has 1 N–H and O–H groups in total. The van der Waals surface area contributed by atoms with E-state index in [1.54, 1.807) is 22.6 Å². The van der Waals surface area contributed by atoms with E-state index in [1.807, 2.05) is 0 Å². The van der Waals surface area contributed by atoms with E-state index in [2.05, 4.69) is 9.72 Å². The van der Waals surface area contributed by atoms with Crippen molar-refractivity contribution in [2.45, 2.75) is 12.2 Å². The molecule has 1 heterocycles. The highest BCUT2D eigenvalue weighted by Crippen LogP contribution is 2.33. The van der Waals surface area contributed by atoms with Crippen LogP contribution in [0, 0.1) is 3.57 Å². The van der Waals surface area contributed by atoms with Gasteiger partial charge in [-0.05, 0) is 28.7 Å². The Morgan fingerprint density at radius 1 is 1.53 bits per heavy atom. The third-order valence-electron chi connectivity index (χ3n) is 1.32. The lowest BCUT2D eigenvalue weighted by Gasteiger charge is -2.10. The van der Waals surface area contributed by atoms with Crippen molar-refractivity contribution in [1.82, 2.24) is 4.98 Å². The molecule has 0 fully saturated rings. The fourth-order valence-electron chi connectivity index (χ4n) is 0.782. The van der Waals surface area contributed by atoms with Gasteiger partial charge >= 0.3 is 6.36 Å². The molecule has 0 bridgehead atoms. The number of hydrogen-bond donors (Lipinski definition) is 1. The summed E-state index contributed by atoms with van der Waals surface area (Å²) in [5.74, 6) is -1.60. The summed E-state index contributed by atoms with van der Waals surface area (Å²) in [7, 11) is 0. The van der Waals surface area contributed by atoms with Gasteiger partial charge in [0.1, 0.15) is 0 Å². The van der Waals surface area contributed by atoms with Crippen molar-refractivity contribution in [3.05, 3.63) is 15.3 Å². The maximum absolute atomic E-state index is 11.9. The normalized spacial score (nSPS) is 11.5.